The number of nitrogens with zero attached hydrogens (tertiary/aromatic N) is 2. The molecule has 1 heterocycles. The minimum atomic E-state index is 0.762. The molecular weight excluding hydrogens is 381 g/mol. The van der Waals surface area contributed by atoms with Crippen molar-refractivity contribution < 1.29 is 0 Å². The number of aromatic nitrogens is 2. The topological polar surface area (TPSA) is 37.8 Å². The average Bonchev–Trinajstić information content (AvgIpc) is 2.82. The molecule has 0 aliphatic rings. The van der Waals surface area contributed by atoms with E-state index in [4.69, 9.17) is 11.6 Å². The van der Waals surface area contributed by atoms with Gasteiger partial charge in [0.2, 0.25) is 0 Å². The van der Waals surface area contributed by atoms with Crippen molar-refractivity contribution >= 4 is 45.5 Å². The molecule has 2 rings (SSSR count). The molecule has 0 saturated heterocycles. The van der Waals surface area contributed by atoms with Crippen LogP contribution in [0.3, 0.4) is 0 Å². The van der Waals surface area contributed by atoms with Crippen molar-refractivity contribution in [1.82, 2.24) is 15.5 Å². The molecule has 0 saturated carbocycles. The predicted molar refractivity (Wildman–Crippen MR) is 85.3 cm³/mol. The molecule has 18 heavy (non-hydrogen) atoms. The van der Waals surface area contributed by atoms with Crippen LogP contribution < -0.4 is 5.32 Å². The number of benzene rings is 1. The highest BCUT2D eigenvalue weighted by Crippen LogP contribution is 2.28. The van der Waals surface area contributed by atoms with Crippen LogP contribution in [0.4, 0.5) is 0 Å². The molecule has 0 aliphatic carbocycles. The third-order valence-electron chi connectivity index (χ3n) is 2.40. The van der Waals surface area contributed by atoms with Crippen LogP contribution >= 0.6 is 45.5 Å². The lowest BCUT2D eigenvalue weighted by atomic mass is 10.2. The Morgan fingerprint density at radius 1 is 1.39 bits per heavy atom. The second-order valence-electron chi connectivity index (χ2n) is 3.73. The monoisotopic (exact) mass is 393 g/mol. The van der Waals surface area contributed by atoms with Gasteiger partial charge in [-0.1, -0.05) is 35.9 Å². The normalized spacial score (nSPS) is 10.8. The minimum absolute atomic E-state index is 0.762. The summed E-state index contributed by atoms with van der Waals surface area (Å²) < 4.78 is 1.05. The smallest absolute Gasteiger partial charge is 0.147 e. The summed E-state index contributed by atoms with van der Waals surface area (Å²) in [6.07, 6.45) is 0.920. The molecule has 96 valence electrons. The van der Waals surface area contributed by atoms with E-state index in [1.807, 2.05) is 18.2 Å². The Kier molecular flexibility index (Phi) is 5.35. The van der Waals surface area contributed by atoms with Crippen LogP contribution in [-0.4, -0.2) is 23.3 Å². The summed E-state index contributed by atoms with van der Waals surface area (Å²) in [5.41, 5.74) is 1.03. The molecule has 1 aromatic carbocycles. The van der Waals surface area contributed by atoms with E-state index in [1.165, 1.54) is 0 Å². The summed E-state index contributed by atoms with van der Waals surface area (Å²) in [7, 11) is 0. The van der Waals surface area contributed by atoms with Crippen LogP contribution in [0.5, 0.6) is 0 Å². The van der Waals surface area contributed by atoms with E-state index < -0.39 is 0 Å². The van der Waals surface area contributed by atoms with Crippen LogP contribution in [0.2, 0.25) is 5.02 Å². The van der Waals surface area contributed by atoms with E-state index in [2.05, 4.69) is 45.0 Å². The highest BCUT2D eigenvalue weighted by Gasteiger charge is 2.08. The number of likely N-dealkylation sites (N-methyl/N-ethyl adjacent to an activating group) is 1. The van der Waals surface area contributed by atoms with Gasteiger partial charge in [-0.15, -0.1) is 10.2 Å². The molecule has 1 N–H and O–H groups in total. The van der Waals surface area contributed by atoms with Crippen LogP contribution in [0.25, 0.3) is 10.6 Å². The van der Waals surface area contributed by atoms with Gasteiger partial charge < -0.3 is 5.32 Å². The zero-order valence-corrected chi connectivity index (χ0v) is 13.6. The Morgan fingerprint density at radius 3 is 2.94 bits per heavy atom. The zero-order chi connectivity index (χ0) is 13.0. The van der Waals surface area contributed by atoms with Crippen molar-refractivity contribution in [1.29, 1.82) is 0 Å². The van der Waals surface area contributed by atoms with Crippen LogP contribution in [0.15, 0.2) is 18.2 Å². The zero-order valence-electron chi connectivity index (χ0n) is 9.91. The third kappa shape index (κ3) is 3.63. The number of halogens is 2. The maximum Gasteiger partial charge on any atom is 0.147 e. The van der Waals surface area contributed by atoms with Gasteiger partial charge >= 0.3 is 0 Å². The second kappa shape index (κ2) is 6.79. The molecule has 0 amide bonds. The van der Waals surface area contributed by atoms with Crippen molar-refractivity contribution in [3.8, 4) is 10.6 Å². The average molecular weight is 394 g/mol. The van der Waals surface area contributed by atoms with Crippen molar-refractivity contribution in [2.24, 2.45) is 0 Å². The van der Waals surface area contributed by atoms with Gasteiger partial charge in [-0.2, -0.15) is 0 Å². The minimum Gasteiger partial charge on any atom is -0.317 e. The van der Waals surface area contributed by atoms with Gasteiger partial charge in [-0.25, -0.2) is 0 Å². The fourth-order valence-corrected chi connectivity index (χ4v) is 2.82. The Bertz CT molecular complexity index is 530. The summed E-state index contributed by atoms with van der Waals surface area (Å²) >= 11 is 9.95. The lowest BCUT2D eigenvalue weighted by Crippen LogP contribution is -2.15. The van der Waals surface area contributed by atoms with Gasteiger partial charge in [-0.3, -0.25) is 0 Å². The molecule has 3 nitrogen and oxygen atoms in total. The predicted octanol–water partition coefficient (Wildman–Crippen LogP) is 3.62. The first-order valence-electron chi connectivity index (χ1n) is 5.69. The molecule has 0 spiro atoms. The third-order valence-corrected chi connectivity index (χ3v) is 5.00. The molecule has 0 bridgehead atoms. The second-order valence-corrected chi connectivity index (χ2v) is 6.36. The van der Waals surface area contributed by atoms with E-state index in [-0.39, 0.29) is 0 Å². The van der Waals surface area contributed by atoms with Gasteiger partial charge in [0.1, 0.15) is 10.0 Å². The van der Waals surface area contributed by atoms with Gasteiger partial charge in [-0.05, 0) is 41.3 Å². The van der Waals surface area contributed by atoms with E-state index in [0.717, 1.165) is 43.7 Å². The highest BCUT2D eigenvalue weighted by atomic mass is 127. The molecule has 0 fully saturated rings. The first-order chi connectivity index (χ1) is 8.70. The first kappa shape index (κ1) is 14.2. The standard InChI is InChI=1S/C12H13ClIN3S/c1-2-15-6-5-11-16-17-12(18-11)8-3-4-10(14)9(13)7-8/h3-4,7,15H,2,5-6H2,1H3. The van der Waals surface area contributed by atoms with Crippen LogP contribution in [0.1, 0.15) is 11.9 Å². The molecule has 0 atom stereocenters. The lowest BCUT2D eigenvalue weighted by molar-refractivity contribution is 0.710. The van der Waals surface area contributed by atoms with E-state index in [9.17, 15) is 0 Å². The van der Waals surface area contributed by atoms with E-state index >= 15 is 0 Å². The highest BCUT2D eigenvalue weighted by molar-refractivity contribution is 14.1. The number of rotatable bonds is 5. The Balaban J connectivity index is 2.11. The van der Waals surface area contributed by atoms with Gasteiger partial charge in [0.25, 0.3) is 0 Å². The van der Waals surface area contributed by atoms with Crippen molar-refractivity contribution in [3.63, 3.8) is 0 Å². The maximum atomic E-state index is 6.11. The molecule has 6 heteroatoms. The van der Waals surface area contributed by atoms with Crippen LogP contribution in [0, 0.1) is 3.57 Å². The molecule has 1 aromatic heterocycles. The van der Waals surface area contributed by atoms with Gasteiger partial charge in [0, 0.05) is 22.1 Å². The number of hydrogen-bond donors (Lipinski definition) is 1. The van der Waals surface area contributed by atoms with E-state index in [0.29, 0.717) is 0 Å². The Hall–Kier alpha value is -0.240. The summed E-state index contributed by atoms with van der Waals surface area (Å²) in [4.78, 5) is 0. The van der Waals surface area contributed by atoms with Gasteiger partial charge in [0.15, 0.2) is 0 Å². The van der Waals surface area contributed by atoms with Gasteiger partial charge in [0.05, 0.1) is 5.02 Å². The summed E-state index contributed by atoms with van der Waals surface area (Å²) in [6.45, 7) is 4.02. The lowest BCUT2D eigenvalue weighted by Gasteiger charge is -1.98. The van der Waals surface area contributed by atoms with Crippen molar-refractivity contribution in [2.45, 2.75) is 13.3 Å². The molecule has 2 aromatic rings. The van der Waals surface area contributed by atoms with Crippen molar-refractivity contribution in [3.05, 3.63) is 31.8 Å². The molecule has 0 unspecified atom stereocenters. The summed E-state index contributed by atoms with van der Waals surface area (Å²) in [5, 5.41) is 14.4. The number of hydrogen-bond acceptors (Lipinski definition) is 4. The first-order valence-corrected chi connectivity index (χ1v) is 7.96. The Labute approximate surface area is 129 Å². The molecular formula is C12H13ClIN3S. The maximum absolute atomic E-state index is 6.11. The summed E-state index contributed by atoms with van der Waals surface area (Å²) in [6, 6.07) is 5.97. The number of nitrogens with one attached hydrogen (secondary N) is 1. The van der Waals surface area contributed by atoms with E-state index in [1.54, 1.807) is 11.3 Å². The fourth-order valence-electron chi connectivity index (χ4n) is 1.47. The molecule has 0 radical (unpaired) electrons. The fraction of sp³-hybridized carbons (Fsp3) is 0.333. The quantitative estimate of drug-likeness (QED) is 0.623. The Morgan fingerprint density at radius 2 is 2.22 bits per heavy atom. The van der Waals surface area contributed by atoms with Crippen LogP contribution in [-0.2, 0) is 6.42 Å². The SMILES string of the molecule is CCNCCc1nnc(-c2ccc(I)c(Cl)c2)s1. The molecule has 0 aliphatic heterocycles. The van der Waals surface area contributed by atoms with Crippen molar-refractivity contribution in [2.75, 3.05) is 13.1 Å². The largest absolute Gasteiger partial charge is 0.317 e. The summed E-state index contributed by atoms with van der Waals surface area (Å²) in [5.74, 6) is 0.